The van der Waals surface area contributed by atoms with Gasteiger partial charge >= 0.3 is 0 Å². The van der Waals surface area contributed by atoms with Crippen LogP contribution in [0.2, 0.25) is 0 Å². The van der Waals surface area contributed by atoms with Crippen LogP contribution in [0, 0.1) is 18.3 Å². The SMILES string of the molecule is C#CCCCC(=O)N1CCN(C(=O)C2CCC(S(N)(=O)=O)CC2)C(C)C1. The number of primary sulfonamides is 1. The topological polar surface area (TPSA) is 101 Å². The maximum atomic E-state index is 12.8. The maximum absolute atomic E-state index is 12.8. The van der Waals surface area contributed by atoms with Crippen molar-refractivity contribution in [3.8, 4) is 12.3 Å². The zero-order chi connectivity index (χ0) is 19.3. The smallest absolute Gasteiger partial charge is 0.226 e. The Morgan fingerprint density at radius 1 is 1.19 bits per heavy atom. The predicted molar refractivity (Wildman–Crippen MR) is 99.3 cm³/mol. The first-order valence-corrected chi connectivity index (χ1v) is 10.9. The fourth-order valence-electron chi connectivity index (χ4n) is 3.88. The summed E-state index contributed by atoms with van der Waals surface area (Å²) in [4.78, 5) is 28.7. The fourth-order valence-corrected chi connectivity index (χ4v) is 4.81. The molecule has 2 rings (SSSR count). The number of amides is 2. The number of hydrogen-bond acceptors (Lipinski definition) is 4. The van der Waals surface area contributed by atoms with Crippen LogP contribution in [-0.2, 0) is 19.6 Å². The van der Waals surface area contributed by atoms with Crippen LogP contribution >= 0.6 is 0 Å². The molecule has 1 heterocycles. The summed E-state index contributed by atoms with van der Waals surface area (Å²) in [5.41, 5.74) is 0. The van der Waals surface area contributed by atoms with Gasteiger partial charge in [-0.25, -0.2) is 13.6 Å². The second kappa shape index (κ2) is 8.87. The third-order valence-corrected chi connectivity index (χ3v) is 6.86. The molecule has 0 aromatic rings. The van der Waals surface area contributed by atoms with E-state index in [1.54, 1.807) is 0 Å². The van der Waals surface area contributed by atoms with Gasteiger partial charge in [-0.3, -0.25) is 9.59 Å². The average molecular weight is 384 g/mol. The zero-order valence-electron chi connectivity index (χ0n) is 15.4. The third kappa shape index (κ3) is 5.21. The van der Waals surface area contributed by atoms with Gasteiger partial charge in [-0.15, -0.1) is 12.3 Å². The summed E-state index contributed by atoms with van der Waals surface area (Å²) in [6, 6.07) is -0.0381. The monoisotopic (exact) mass is 383 g/mol. The van der Waals surface area contributed by atoms with Gasteiger partial charge in [0.15, 0.2) is 0 Å². The molecule has 8 heteroatoms. The number of unbranched alkanes of at least 4 members (excludes halogenated alkanes) is 1. The van der Waals surface area contributed by atoms with Crippen molar-refractivity contribution in [1.82, 2.24) is 9.80 Å². The van der Waals surface area contributed by atoms with E-state index in [-0.39, 0.29) is 23.8 Å². The Bertz CT molecular complexity index is 662. The Kier molecular flexibility index (Phi) is 7.07. The Morgan fingerprint density at radius 3 is 2.38 bits per heavy atom. The van der Waals surface area contributed by atoms with Crippen LogP contribution in [0.15, 0.2) is 0 Å². The van der Waals surface area contributed by atoms with Crippen molar-refractivity contribution in [2.45, 2.75) is 63.2 Å². The van der Waals surface area contributed by atoms with E-state index in [4.69, 9.17) is 11.6 Å². The molecule has 1 atom stereocenters. The molecule has 2 amide bonds. The molecule has 0 aromatic heterocycles. The van der Waals surface area contributed by atoms with Crippen molar-refractivity contribution < 1.29 is 18.0 Å². The Hall–Kier alpha value is -1.59. The lowest BCUT2D eigenvalue weighted by Gasteiger charge is -2.42. The van der Waals surface area contributed by atoms with E-state index in [1.165, 1.54) is 0 Å². The van der Waals surface area contributed by atoms with E-state index < -0.39 is 15.3 Å². The molecule has 146 valence electrons. The van der Waals surface area contributed by atoms with Crippen molar-refractivity contribution in [2.24, 2.45) is 11.1 Å². The minimum Gasteiger partial charge on any atom is -0.339 e. The first-order chi connectivity index (χ1) is 12.2. The number of carbonyl (C=O) groups excluding carboxylic acids is 2. The number of rotatable bonds is 5. The molecule has 7 nitrogen and oxygen atoms in total. The summed E-state index contributed by atoms with van der Waals surface area (Å²) in [6.45, 7) is 3.55. The van der Waals surface area contributed by atoms with E-state index in [9.17, 15) is 18.0 Å². The van der Waals surface area contributed by atoms with Crippen LogP contribution in [0.4, 0.5) is 0 Å². The van der Waals surface area contributed by atoms with Crippen molar-refractivity contribution >= 4 is 21.8 Å². The molecular formula is C18H29N3O4S. The van der Waals surface area contributed by atoms with Crippen LogP contribution in [0.1, 0.15) is 51.9 Å². The van der Waals surface area contributed by atoms with E-state index in [1.807, 2.05) is 16.7 Å². The van der Waals surface area contributed by atoms with Crippen LogP contribution < -0.4 is 5.14 Å². The van der Waals surface area contributed by atoms with Crippen molar-refractivity contribution in [1.29, 1.82) is 0 Å². The number of carbonyl (C=O) groups is 2. The number of sulfonamides is 1. The number of nitrogens with two attached hydrogens (primary N) is 1. The van der Waals surface area contributed by atoms with Crippen molar-refractivity contribution in [2.75, 3.05) is 19.6 Å². The lowest BCUT2D eigenvalue weighted by atomic mass is 9.87. The summed E-state index contributed by atoms with van der Waals surface area (Å²) < 4.78 is 22.9. The van der Waals surface area contributed by atoms with Crippen molar-refractivity contribution in [3.05, 3.63) is 0 Å². The van der Waals surface area contributed by atoms with Crippen molar-refractivity contribution in [3.63, 3.8) is 0 Å². The quantitative estimate of drug-likeness (QED) is 0.558. The highest BCUT2D eigenvalue weighted by Gasteiger charge is 2.36. The van der Waals surface area contributed by atoms with Gasteiger partial charge in [0.1, 0.15) is 0 Å². The summed E-state index contributed by atoms with van der Waals surface area (Å²) in [5.74, 6) is 2.56. The predicted octanol–water partition coefficient (Wildman–Crippen LogP) is 0.697. The lowest BCUT2D eigenvalue weighted by Crippen LogP contribution is -2.57. The van der Waals surface area contributed by atoms with E-state index in [2.05, 4.69) is 5.92 Å². The molecule has 2 aliphatic rings. The molecule has 0 bridgehead atoms. The molecule has 0 aromatic carbocycles. The molecule has 2 fully saturated rings. The molecule has 1 aliphatic heterocycles. The van der Waals surface area contributed by atoms with Crippen LogP contribution in [0.3, 0.4) is 0 Å². The van der Waals surface area contributed by atoms with Gasteiger partial charge in [0.05, 0.1) is 5.25 Å². The summed E-state index contributed by atoms with van der Waals surface area (Å²) >= 11 is 0. The van der Waals surface area contributed by atoms with Crippen LogP contribution in [0.25, 0.3) is 0 Å². The van der Waals surface area contributed by atoms with Crippen LogP contribution in [0.5, 0.6) is 0 Å². The molecule has 1 saturated carbocycles. The first-order valence-electron chi connectivity index (χ1n) is 9.27. The molecule has 0 radical (unpaired) electrons. The first kappa shape index (κ1) is 20.7. The number of piperazine rings is 1. The van der Waals surface area contributed by atoms with Gasteiger partial charge in [0.25, 0.3) is 0 Å². The minimum absolute atomic E-state index is 0.0381. The van der Waals surface area contributed by atoms with Gasteiger partial charge in [0, 0.05) is 44.4 Å². The highest BCUT2D eigenvalue weighted by molar-refractivity contribution is 7.89. The third-order valence-electron chi connectivity index (χ3n) is 5.46. The Morgan fingerprint density at radius 2 is 1.85 bits per heavy atom. The van der Waals surface area contributed by atoms with E-state index in [0.717, 1.165) is 0 Å². The zero-order valence-corrected chi connectivity index (χ0v) is 16.2. The maximum Gasteiger partial charge on any atom is 0.226 e. The second-order valence-electron chi connectivity index (χ2n) is 7.34. The highest BCUT2D eigenvalue weighted by atomic mass is 32.2. The molecule has 1 unspecified atom stereocenters. The molecule has 2 N–H and O–H groups in total. The normalized spacial score (nSPS) is 27.0. The van der Waals surface area contributed by atoms with Crippen LogP contribution in [-0.4, -0.2) is 61.0 Å². The fraction of sp³-hybridized carbons (Fsp3) is 0.778. The van der Waals surface area contributed by atoms with Gasteiger partial charge in [-0.2, -0.15) is 0 Å². The average Bonchev–Trinajstić information content (AvgIpc) is 2.60. The molecule has 1 aliphatic carbocycles. The Labute approximate surface area is 156 Å². The van der Waals surface area contributed by atoms with Gasteiger partial charge in [-0.1, -0.05) is 0 Å². The molecule has 1 saturated heterocycles. The number of hydrogen-bond donors (Lipinski definition) is 1. The van der Waals surface area contributed by atoms with Gasteiger partial charge in [0.2, 0.25) is 21.8 Å². The standard InChI is InChI=1S/C18H29N3O4S/c1-3-4-5-6-17(22)20-11-12-21(14(2)13-20)18(23)15-7-9-16(10-8-15)26(19,24)25/h1,14-16H,4-13H2,2H3,(H2,19,24,25). The van der Waals surface area contributed by atoms with E-state index >= 15 is 0 Å². The summed E-state index contributed by atoms with van der Waals surface area (Å²) in [5, 5.41) is 4.69. The number of terminal acetylenes is 1. The van der Waals surface area contributed by atoms with Gasteiger partial charge in [-0.05, 0) is 39.0 Å². The summed E-state index contributed by atoms with van der Waals surface area (Å²) in [7, 11) is -3.52. The second-order valence-corrected chi connectivity index (χ2v) is 9.19. The number of nitrogens with zero attached hydrogens (tertiary/aromatic N) is 2. The van der Waals surface area contributed by atoms with Gasteiger partial charge < -0.3 is 9.80 Å². The largest absolute Gasteiger partial charge is 0.339 e. The molecule has 0 spiro atoms. The lowest BCUT2D eigenvalue weighted by molar-refractivity contribution is -0.146. The minimum atomic E-state index is -3.52. The Balaban J connectivity index is 1.85. The highest BCUT2D eigenvalue weighted by Crippen LogP contribution is 2.30. The molecule has 26 heavy (non-hydrogen) atoms. The summed E-state index contributed by atoms with van der Waals surface area (Å²) in [6.07, 6.45) is 8.94. The van der Waals surface area contributed by atoms with E-state index in [0.29, 0.717) is 64.6 Å². The molecular weight excluding hydrogens is 354 g/mol.